The molecule has 0 bridgehead atoms. The predicted octanol–water partition coefficient (Wildman–Crippen LogP) is -0.571. The second kappa shape index (κ2) is 4.21. The van der Waals surface area contributed by atoms with Crippen molar-refractivity contribution in [1.29, 1.82) is 0 Å². The lowest BCUT2D eigenvalue weighted by Gasteiger charge is -2.26. The Hall–Kier alpha value is -1.40. The second-order valence-electron chi connectivity index (χ2n) is 2.98. The molecule has 0 spiro atoms. The van der Waals surface area contributed by atoms with Gasteiger partial charge in [-0.05, 0) is 0 Å². The zero-order chi connectivity index (χ0) is 9.80. The summed E-state index contributed by atoms with van der Waals surface area (Å²) in [7, 11) is 0. The van der Waals surface area contributed by atoms with Crippen molar-refractivity contribution in [1.82, 2.24) is 15.0 Å². The number of H-pyrrole nitrogens is 1. The molecule has 1 saturated heterocycles. The number of rotatable bonds is 2. The molecule has 0 atom stereocenters. The first kappa shape index (κ1) is 9.17. The van der Waals surface area contributed by atoms with Gasteiger partial charge in [0.25, 0.3) is 5.56 Å². The minimum atomic E-state index is -0.209. The first-order valence-electron chi connectivity index (χ1n) is 4.49. The molecule has 1 aromatic rings. The summed E-state index contributed by atoms with van der Waals surface area (Å²) < 4.78 is 5.18. The minimum Gasteiger partial charge on any atom is -0.379 e. The molecule has 1 fully saturated rings. The molecular formula is C8H12N4O2. The summed E-state index contributed by atoms with van der Waals surface area (Å²) in [4.78, 5) is 17.7. The maximum absolute atomic E-state index is 11.3. The Bertz CT molecular complexity index is 345. The lowest BCUT2D eigenvalue weighted by atomic mass is 10.5. The minimum absolute atomic E-state index is 0.209. The van der Waals surface area contributed by atoms with Crippen molar-refractivity contribution in [3.8, 4) is 0 Å². The van der Waals surface area contributed by atoms with E-state index >= 15 is 0 Å². The van der Waals surface area contributed by atoms with Crippen molar-refractivity contribution >= 4 is 5.82 Å². The van der Waals surface area contributed by atoms with Gasteiger partial charge in [-0.1, -0.05) is 0 Å². The quantitative estimate of drug-likeness (QED) is 0.662. The summed E-state index contributed by atoms with van der Waals surface area (Å²) >= 11 is 0. The molecule has 1 aliphatic heterocycles. The van der Waals surface area contributed by atoms with Crippen LogP contribution in [0.5, 0.6) is 0 Å². The lowest BCUT2D eigenvalue weighted by Crippen LogP contribution is -2.41. The highest BCUT2D eigenvalue weighted by atomic mass is 16.5. The van der Waals surface area contributed by atoms with Gasteiger partial charge in [0.15, 0.2) is 0 Å². The standard InChI is InChI=1S/C8H12N4O2/c13-8-7(9-1-2-10-8)11-12-3-5-14-6-4-12/h1-2H,3-6H2,(H,9,11)(H,10,13). The van der Waals surface area contributed by atoms with Gasteiger partial charge in [0.05, 0.1) is 13.2 Å². The van der Waals surface area contributed by atoms with Crippen LogP contribution in [0, 0.1) is 0 Å². The molecule has 2 rings (SSSR count). The van der Waals surface area contributed by atoms with Crippen molar-refractivity contribution in [2.45, 2.75) is 0 Å². The van der Waals surface area contributed by atoms with Crippen LogP contribution < -0.4 is 11.0 Å². The Kier molecular flexibility index (Phi) is 2.76. The van der Waals surface area contributed by atoms with E-state index in [0.29, 0.717) is 19.0 Å². The van der Waals surface area contributed by atoms with Gasteiger partial charge >= 0.3 is 0 Å². The second-order valence-corrected chi connectivity index (χ2v) is 2.98. The molecule has 0 radical (unpaired) electrons. The van der Waals surface area contributed by atoms with Gasteiger partial charge in [0.2, 0.25) is 5.82 Å². The third kappa shape index (κ3) is 2.09. The molecule has 0 aromatic carbocycles. The van der Waals surface area contributed by atoms with Crippen LogP contribution >= 0.6 is 0 Å². The Balaban J connectivity index is 2.03. The van der Waals surface area contributed by atoms with Gasteiger partial charge < -0.3 is 9.72 Å². The molecule has 2 heterocycles. The van der Waals surface area contributed by atoms with E-state index in [1.807, 2.05) is 5.01 Å². The monoisotopic (exact) mass is 196 g/mol. The summed E-state index contributed by atoms with van der Waals surface area (Å²) in [6.07, 6.45) is 3.05. The third-order valence-electron chi connectivity index (χ3n) is 1.98. The lowest BCUT2D eigenvalue weighted by molar-refractivity contribution is 0.0494. The fourth-order valence-electron chi connectivity index (χ4n) is 1.26. The van der Waals surface area contributed by atoms with E-state index in [1.165, 1.54) is 6.20 Å². The third-order valence-corrected chi connectivity index (χ3v) is 1.98. The number of hydrogen-bond donors (Lipinski definition) is 2. The van der Waals surface area contributed by atoms with Crippen LogP contribution in [0.2, 0.25) is 0 Å². The number of morpholine rings is 1. The average molecular weight is 196 g/mol. The van der Waals surface area contributed by atoms with E-state index in [-0.39, 0.29) is 5.56 Å². The molecule has 2 N–H and O–H groups in total. The largest absolute Gasteiger partial charge is 0.379 e. The number of nitrogens with one attached hydrogen (secondary N) is 2. The van der Waals surface area contributed by atoms with Gasteiger partial charge in [0.1, 0.15) is 0 Å². The van der Waals surface area contributed by atoms with Crippen molar-refractivity contribution in [2.24, 2.45) is 0 Å². The number of aromatic amines is 1. The van der Waals surface area contributed by atoms with Gasteiger partial charge in [0, 0.05) is 25.5 Å². The summed E-state index contributed by atoms with van der Waals surface area (Å²) in [6.45, 7) is 2.88. The van der Waals surface area contributed by atoms with E-state index in [2.05, 4.69) is 15.4 Å². The zero-order valence-electron chi connectivity index (χ0n) is 7.69. The van der Waals surface area contributed by atoms with Gasteiger partial charge in [-0.2, -0.15) is 0 Å². The van der Waals surface area contributed by atoms with E-state index in [0.717, 1.165) is 13.1 Å². The fourth-order valence-corrected chi connectivity index (χ4v) is 1.26. The molecular weight excluding hydrogens is 184 g/mol. The topological polar surface area (TPSA) is 70.2 Å². The fraction of sp³-hybridized carbons (Fsp3) is 0.500. The summed E-state index contributed by atoms with van der Waals surface area (Å²) in [5, 5.41) is 1.92. The molecule has 14 heavy (non-hydrogen) atoms. The Morgan fingerprint density at radius 2 is 2.29 bits per heavy atom. The van der Waals surface area contributed by atoms with Crippen molar-refractivity contribution in [3.63, 3.8) is 0 Å². The molecule has 6 nitrogen and oxygen atoms in total. The molecule has 76 valence electrons. The van der Waals surface area contributed by atoms with Crippen LogP contribution in [0.4, 0.5) is 5.82 Å². The zero-order valence-corrected chi connectivity index (χ0v) is 7.69. The first-order valence-corrected chi connectivity index (χ1v) is 4.49. The first-order chi connectivity index (χ1) is 6.86. The number of anilines is 1. The van der Waals surface area contributed by atoms with Crippen LogP contribution in [0.1, 0.15) is 0 Å². The Labute approximate surface area is 80.9 Å². The van der Waals surface area contributed by atoms with Crippen LogP contribution in [0.3, 0.4) is 0 Å². The van der Waals surface area contributed by atoms with E-state index < -0.39 is 0 Å². The van der Waals surface area contributed by atoms with E-state index in [4.69, 9.17) is 4.74 Å². The number of aromatic nitrogens is 2. The molecule has 0 saturated carbocycles. The summed E-state index contributed by atoms with van der Waals surface area (Å²) in [6, 6.07) is 0. The molecule has 0 aliphatic carbocycles. The Morgan fingerprint density at radius 1 is 1.50 bits per heavy atom. The molecule has 1 aromatic heterocycles. The van der Waals surface area contributed by atoms with Crippen LogP contribution in [-0.2, 0) is 4.74 Å². The molecule has 0 unspecified atom stereocenters. The van der Waals surface area contributed by atoms with Gasteiger partial charge in [-0.25, -0.2) is 9.99 Å². The molecule has 1 aliphatic rings. The van der Waals surface area contributed by atoms with Crippen LogP contribution in [0.25, 0.3) is 0 Å². The summed E-state index contributed by atoms with van der Waals surface area (Å²) in [5.41, 5.74) is 2.74. The summed E-state index contributed by atoms with van der Waals surface area (Å²) in [5.74, 6) is 0.328. The number of ether oxygens (including phenoxy) is 1. The number of hydrazine groups is 1. The molecule has 6 heteroatoms. The highest BCUT2D eigenvalue weighted by Gasteiger charge is 2.11. The normalized spacial score (nSPS) is 18.0. The van der Waals surface area contributed by atoms with Crippen molar-refractivity contribution in [3.05, 3.63) is 22.7 Å². The van der Waals surface area contributed by atoms with Gasteiger partial charge in [-0.15, -0.1) is 0 Å². The average Bonchev–Trinajstić information content (AvgIpc) is 2.23. The SMILES string of the molecule is O=c1[nH]ccnc1NN1CCOCC1. The highest BCUT2D eigenvalue weighted by Crippen LogP contribution is 1.98. The van der Waals surface area contributed by atoms with E-state index in [9.17, 15) is 4.79 Å². The molecule has 0 amide bonds. The number of nitrogens with zero attached hydrogens (tertiary/aromatic N) is 2. The Morgan fingerprint density at radius 3 is 3.00 bits per heavy atom. The van der Waals surface area contributed by atoms with Crippen molar-refractivity contribution in [2.75, 3.05) is 31.7 Å². The van der Waals surface area contributed by atoms with Crippen LogP contribution in [0.15, 0.2) is 17.2 Å². The maximum Gasteiger partial charge on any atom is 0.292 e. The van der Waals surface area contributed by atoms with Gasteiger partial charge in [-0.3, -0.25) is 10.2 Å². The smallest absolute Gasteiger partial charge is 0.292 e. The highest BCUT2D eigenvalue weighted by molar-refractivity contribution is 5.28. The number of hydrogen-bond acceptors (Lipinski definition) is 5. The van der Waals surface area contributed by atoms with Crippen molar-refractivity contribution < 1.29 is 4.74 Å². The van der Waals surface area contributed by atoms with Crippen LogP contribution in [-0.4, -0.2) is 41.3 Å². The predicted molar refractivity (Wildman–Crippen MR) is 50.9 cm³/mol. The van der Waals surface area contributed by atoms with E-state index in [1.54, 1.807) is 6.20 Å². The maximum atomic E-state index is 11.3.